The summed E-state index contributed by atoms with van der Waals surface area (Å²) in [6, 6.07) is 14.2. The Labute approximate surface area is 159 Å². The predicted octanol–water partition coefficient (Wildman–Crippen LogP) is 4.88. The van der Waals surface area contributed by atoms with Crippen LogP contribution in [0.2, 0.25) is 0 Å². The van der Waals surface area contributed by atoms with Gasteiger partial charge in [0, 0.05) is 11.0 Å². The number of amides is 1. The van der Waals surface area contributed by atoms with Gasteiger partial charge in [-0.25, -0.2) is 0 Å². The highest BCUT2D eigenvalue weighted by molar-refractivity contribution is 9.10. The van der Waals surface area contributed by atoms with Gasteiger partial charge in [0.1, 0.15) is 0 Å². The van der Waals surface area contributed by atoms with Crippen LogP contribution < -0.4 is 4.80 Å². The summed E-state index contributed by atoms with van der Waals surface area (Å²) in [5, 5.41) is 0. The van der Waals surface area contributed by atoms with Crippen molar-refractivity contribution in [3.05, 3.63) is 75.5 Å². The summed E-state index contributed by atoms with van der Waals surface area (Å²) in [6.07, 6.45) is 3.13. The minimum absolute atomic E-state index is 0.132. The Kier molecular flexibility index (Phi) is 5.66. The average molecular weight is 415 g/mol. The number of thiazole rings is 1. The molecule has 0 unspecified atom stereocenters. The summed E-state index contributed by atoms with van der Waals surface area (Å²) in [4.78, 5) is 17.5. The number of benzene rings is 2. The van der Waals surface area contributed by atoms with Gasteiger partial charge < -0.3 is 4.57 Å². The van der Waals surface area contributed by atoms with Gasteiger partial charge >= 0.3 is 0 Å². The van der Waals surface area contributed by atoms with Crippen LogP contribution in [0.4, 0.5) is 0 Å². The molecule has 0 radical (unpaired) electrons. The Balaban J connectivity index is 1.94. The van der Waals surface area contributed by atoms with Crippen molar-refractivity contribution in [1.82, 2.24) is 4.57 Å². The highest BCUT2D eigenvalue weighted by Gasteiger charge is 2.08. The van der Waals surface area contributed by atoms with Gasteiger partial charge in [-0.2, -0.15) is 4.99 Å². The van der Waals surface area contributed by atoms with Gasteiger partial charge in [-0.1, -0.05) is 64.5 Å². The summed E-state index contributed by atoms with van der Waals surface area (Å²) in [5.74, 6) is -0.132. The number of rotatable bonds is 5. The van der Waals surface area contributed by atoms with Crippen molar-refractivity contribution >= 4 is 43.4 Å². The summed E-state index contributed by atoms with van der Waals surface area (Å²) in [6.45, 7) is 6.55. The fourth-order valence-corrected chi connectivity index (χ4v) is 4.26. The molecule has 0 saturated heterocycles. The Hall–Kier alpha value is -1.98. The Morgan fingerprint density at radius 3 is 2.64 bits per heavy atom. The Bertz CT molecular complexity index is 983. The SMILES string of the molecule is C=CCn1c(=NC(=O)Cc2ccc(CC)cc2)sc2cc(Br)ccc21. The van der Waals surface area contributed by atoms with Crippen molar-refractivity contribution in [2.75, 3.05) is 0 Å². The molecule has 0 aliphatic rings. The van der Waals surface area contributed by atoms with E-state index < -0.39 is 0 Å². The van der Waals surface area contributed by atoms with Gasteiger partial charge in [-0.3, -0.25) is 4.79 Å². The first-order chi connectivity index (χ1) is 12.1. The largest absolute Gasteiger partial charge is 0.313 e. The van der Waals surface area contributed by atoms with E-state index in [4.69, 9.17) is 0 Å². The minimum atomic E-state index is -0.132. The molecule has 0 aliphatic carbocycles. The number of nitrogens with zero attached hydrogens (tertiary/aromatic N) is 2. The van der Waals surface area contributed by atoms with Gasteiger partial charge in [0.2, 0.25) is 0 Å². The molecule has 3 aromatic rings. The number of aryl methyl sites for hydroxylation is 1. The number of fused-ring (bicyclic) bond motifs is 1. The molecular formula is C20H19BrN2OS. The molecule has 0 atom stereocenters. The summed E-state index contributed by atoms with van der Waals surface area (Å²) in [7, 11) is 0. The van der Waals surface area contributed by atoms with E-state index >= 15 is 0 Å². The standard InChI is InChI=1S/C20H19BrN2OS/c1-3-11-23-17-10-9-16(21)13-18(17)25-20(23)22-19(24)12-15-7-5-14(4-2)6-8-15/h3,5-10,13H,1,4,11-12H2,2H3. The van der Waals surface area contributed by atoms with Gasteiger partial charge in [0.15, 0.2) is 4.80 Å². The lowest BCUT2D eigenvalue weighted by atomic mass is 10.1. The molecule has 3 rings (SSSR count). The van der Waals surface area contributed by atoms with Crippen LogP contribution in [0.25, 0.3) is 10.2 Å². The highest BCUT2D eigenvalue weighted by atomic mass is 79.9. The van der Waals surface area contributed by atoms with Crippen LogP contribution in [0.5, 0.6) is 0 Å². The second kappa shape index (κ2) is 7.93. The average Bonchev–Trinajstić information content (AvgIpc) is 2.92. The molecule has 0 aliphatic heterocycles. The van der Waals surface area contributed by atoms with E-state index in [1.807, 2.05) is 41.0 Å². The van der Waals surface area contributed by atoms with Crippen molar-refractivity contribution in [2.24, 2.45) is 4.99 Å². The fourth-order valence-electron chi connectivity index (χ4n) is 2.65. The number of hydrogen-bond donors (Lipinski definition) is 0. The van der Waals surface area contributed by atoms with E-state index in [1.165, 1.54) is 16.9 Å². The molecular weight excluding hydrogens is 396 g/mol. The highest BCUT2D eigenvalue weighted by Crippen LogP contribution is 2.22. The van der Waals surface area contributed by atoms with E-state index in [-0.39, 0.29) is 5.91 Å². The molecule has 0 N–H and O–H groups in total. The molecule has 0 fully saturated rings. The third-order valence-corrected chi connectivity index (χ3v) is 5.50. The van der Waals surface area contributed by atoms with Crippen molar-refractivity contribution in [3.8, 4) is 0 Å². The summed E-state index contributed by atoms with van der Waals surface area (Å²) in [5.41, 5.74) is 3.32. The van der Waals surface area contributed by atoms with Crippen LogP contribution >= 0.6 is 27.3 Å². The Morgan fingerprint density at radius 2 is 1.96 bits per heavy atom. The normalized spacial score (nSPS) is 11.8. The first-order valence-electron chi connectivity index (χ1n) is 8.16. The zero-order chi connectivity index (χ0) is 17.8. The monoisotopic (exact) mass is 414 g/mol. The number of allylic oxidation sites excluding steroid dienone is 1. The second-order valence-corrected chi connectivity index (χ2v) is 7.67. The van der Waals surface area contributed by atoms with Gasteiger partial charge in [0.05, 0.1) is 16.6 Å². The Morgan fingerprint density at radius 1 is 1.24 bits per heavy atom. The lowest BCUT2D eigenvalue weighted by Gasteiger charge is -2.02. The van der Waals surface area contributed by atoms with Crippen molar-refractivity contribution in [2.45, 2.75) is 26.3 Å². The van der Waals surface area contributed by atoms with E-state index in [2.05, 4.69) is 46.6 Å². The molecule has 5 heteroatoms. The number of carbonyl (C=O) groups is 1. The second-order valence-electron chi connectivity index (χ2n) is 5.75. The number of halogens is 1. The predicted molar refractivity (Wildman–Crippen MR) is 108 cm³/mol. The summed E-state index contributed by atoms with van der Waals surface area (Å²) < 4.78 is 4.13. The van der Waals surface area contributed by atoms with Crippen LogP contribution in [0, 0.1) is 0 Å². The smallest absolute Gasteiger partial charge is 0.252 e. The molecule has 1 amide bonds. The molecule has 2 aromatic carbocycles. The zero-order valence-corrected chi connectivity index (χ0v) is 16.4. The quantitative estimate of drug-likeness (QED) is 0.547. The molecule has 0 saturated carbocycles. The lowest BCUT2D eigenvalue weighted by molar-refractivity contribution is -0.117. The van der Waals surface area contributed by atoms with E-state index in [9.17, 15) is 4.79 Å². The summed E-state index contributed by atoms with van der Waals surface area (Å²) >= 11 is 5.01. The molecule has 1 heterocycles. The third kappa shape index (κ3) is 4.17. The van der Waals surface area contributed by atoms with Crippen LogP contribution in [-0.2, 0) is 24.2 Å². The third-order valence-electron chi connectivity index (χ3n) is 3.96. The molecule has 3 nitrogen and oxygen atoms in total. The number of carbonyl (C=O) groups excluding carboxylic acids is 1. The molecule has 25 heavy (non-hydrogen) atoms. The van der Waals surface area contributed by atoms with Crippen LogP contribution in [0.15, 0.2) is 64.6 Å². The maximum absolute atomic E-state index is 12.4. The van der Waals surface area contributed by atoms with Crippen LogP contribution in [0.1, 0.15) is 18.1 Å². The minimum Gasteiger partial charge on any atom is -0.313 e. The van der Waals surface area contributed by atoms with Gasteiger partial charge in [-0.05, 0) is 35.7 Å². The molecule has 0 bridgehead atoms. The zero-order valence-electron chi connectivity index (χ0n) is 14.0. The van der Waals surface area contributed by atoms with Gasteiger partial charge in [0.25, 0.3) is 5.91 Å². The van der Waals surface area contributed by atoms with E-state index in [0.29, 0.717) is 17.8 Å². The lowest BCUT2D eigenvalue weighted by Crippen LogP contribution is -2.16. The maximum Gasteiger partial charge on any atom is 0.252 e. The molecule has 1 aromatic heterocycles. The van der Waals surface area contributed by atoms with E-state index in [1.54, 1.807) is 0 Å². The van der Waals surface area contributed by atoms with Crippen LogP contribution in [0.3, 0.4) is 0 Å². The van der Waals surface area contributed by atoms with Crippen molar-refractivity contribution in [3.63, 3.8) is 0 Å². The number of aromatic nitrogens is 1. The van der Waals surface area contributed by atoms with Crippen molar-refractivity contribution < 1.29 is 4.79 Å². The van der Waals surface area contributed by atoms with Crippen molar-refractivity contribution in [1.29, 1.82) is 0 Å². The first kappa shape index (κ1) is 17.8. The number of hydrogen-bond acceptors (Lipinski definition) is 2. The van der Waals surface area contributed by atoms with Gasteiger partial charge in [-0.15, -0.1) is 6.58 Å². The first-order valence-corrected chi connectivity index (χ1v) is 9.77. The molecule has 128 valence electrons. The van der Waals surface area contributed by atoms with Crippen LogP contribution in [-0.4, -0.2) is 10.5 Å². The fraction of sp³-hybridized carbons (Fsp3) is 0.200. The van der Waals surface area contributed by atoms with E-state index in [0.717, 1.165) is 26.7 Å². The topological polar surface area (TPSA) is 34.4 Å². The maximum atomic E-state index is 12.4. The molecule has 0 spiro atoms.